The van der Waals surface area contributed by atoms with E-state index in [0.29, 0.717) is 42.5 Å². The van der Waals surface area contributed by atoms with Crippen molar-refractivity contribution in [3.63, 3.8) is 0 Å². The molecule has 18 heavy (non-hydrogen) atoms. The maximum atomic E-state index is 12.2. The Labute approximate surface area is 103 Å². The molecular formula is C12H11N3O3. The lowest BCUT2D eigenvalue weighted by atomic mass is 10.1. The molecule has 0 saturated carbocycles. The number of hydrogen-bond donors (Lipinski definition) is 0. The van der Waals surface area contributed by atoms with E-state index in [1.54, 1.807) is 23.1 Å². The Bertz CT molecular complexity index is 610. The molecule has 1 aromatic heterocycles. The molecular weight excluding hydrogens is 234 g/mol. The van der Waals surface area contributed by atoms with E-state index in [4.69, 9.17) is 0 Å². The maximum Gasteiger partial charge on any atom is 0.253 e. The number of benzene rings is 1. The lowest BCUT2D eigenvalue weighted by Crippen LogP contribution is -2.38. The van der Waals surface area contributed by atoms with E-state index >= 15 is 0 Å². The van der Waals surface area contributed by atoms with Crippen LogP contribution in [0.5, 0.6) is 0 Å². The first-order valence-electron chi connectivity index (χ1n) is 5.77. The average molecular weight is 245 g/mol. The summed E-state index contributed by atoms with van der Waals surface area (Å²) in [6, 6.07) is 5.06. The second-order valence-electron chi connectivity index (χ2n) is 4.30. The zero-order valence-corrected chi connectivity index (χ0v) is 9.63. The number of ketones is 1. The fraction of sp³-hybridized carbons (Fsp3) is 0.333. The molecule has 1 aromatic carbocycles. The Morgan fingerprint density at radius 2 is 1.89 bits per heavy atom. The van der Waals surface area contributed by atoms with Crippen molar-refractivity contribution in [2.45, 2.75) is 12.8 Å². The van der Waals surface area contributed by atoms with Crippen molar-refractivity contribution >= 4 is 22.7 Å². The molecule has 6 nitrogen and oxygen atoms in total. The van der Waals surface area contributed by atoms with Crippen molar-refractivity contribution in [3.8, 4) is 0 Å². The van der Waals surface area contributed by atoms with Crippen molar-refractivity contribution in [2.24, 2.45) is 0 Å². The van der Waals surface area contributed by atoms with Crippen molar-refractivity contribution in [1.82, 2.24) is 15.2 Å². The molecule has 0 radical (unpaired) electrons. The molecule has 1 fully saturated rings. The van der Waals surface area contributed by atoms with Gasteiger partial charge in [0.15, 0.2) is 0 Å². The number of rotatable bonds is 1. The molecule has 6 heteroatoms. The lowest BCUT2D eigenvalue weighted by molar-refractivity contribution is -0.120. The summed E-state index contributed by atoms with van der Waals surface area (Å²) >= 11 is 0. The Morgan fingerprint density at radius 3 is 2.67 bits per heavy atom. The van der Waals surface area contributed by atoms with E-state index in [0.717, 1.165) is 0 Å². The SMILES string of the molecule is O=C1CCN(C(=O)c2ccc3nonc3c2)CC1. The quantitative estimate of drug-likeness (QED) is 0.749. The van der Waals surface area contributed by atoms with Gasteiger partial charge in [-0.25, -0.2) is 4.63 Å². The fourth-order valence-electron chi connectivity index (χ4n) is 2.06. The van der Waals surface area contributed by atoms with E-state index in [1.165, 1.54) is 0 Å². The number of fused-ring (bicyclic) bond motifs is 1. The molecule has 92 valence electrons. The minimum atomic E-state index is -0.0765. The molecule has 2 aromatic rings. The number of carbonyl (C=O) groups is 2. The van der Waals surface area contributed by atoms with E-state index < -0.39 is 0 Å². The van der Waals surface area contributed by atoms with Crippen LogP contribution >= 0.6 is 0 Å². The van der Waals surface area contributed by atoms with Crippen LogP contribution in [0.1, 0.15) is 23.2 Å². The van der Waals surface area contributed by atoms with Crippen LogP contribution in [0.2, 0.25) is 0 Å². The van der Waals surface area contributed by atoms with Crippen molar-refractivity contribution < 1.29 is 14.2 Å². The van der Waals surface area contributed by atoms with Crippen LogP contribution in [0.4, 0.5) is 0 Å². The summed E-state index contributed by atoms with van der Waals surface area (Å²) in [6.45, 7) is 0.986. The molecule has 1 aliphatic heterocycles. The van der Waals surface area contributed by atoms with Gasteiger partial charge in [0.1, 0.15) is 16.8 Å². The minimum Gasteiger partial charge on any atom is -0.338 e. The highest BCUT2D eigenvalue weighted by atomic mass is 16.6. The Kier molecular flexibility index (Phi) is 2.55. The second-order valence-corrected chi connectivity index (χ2v) is 4.30. The smallest absolute Gasteiger partial charge is 0.253 e. The predicted molar refractivity (Wildman–Crippen MR) is 61.9 cm³/mol. The summed E-state index contributed by atoms with van der Waals surface area (Å²) < 4.78 is 4.59. The van der Waals surface area contributed by atoms with Gasteiger partial charge in [0.25, 0.3) is 5.91 Å². The number of likely N-dealkylation sites (tertiary alicyclic amines) is 1. The van der Waals surface area contributed by atoms with Gasteiger partial charge in [-0.3, -0.25) is 9.59 Å². The van der Waals surface area contributed by atoms with Gasteiger partial charge in [0.2, 0.25) is 0 Å². The van der Waals surface area contributed by atoms with Gasteiger partial charge in [0.05, 0.1) is 0 Å². The molecule has 1 amide bonds. The minimum absolute atomic E-state index is 0.0765. The average Bonchev–Trinajstić information content (AvgIpc) is 2.86. The molecule has 0 bridgehead atoms. The van der Waals surface area contributed by atoms with Gasteiger partial charge >= 0.3 is 0 Å². The zero-order chi connectivity index (χ0) is 12.5. The normalized spacial score (nSPS) is 16.2. The van der Waals surface area contributed by atoms with Crippen molar-refractivity contribution in [3.05, 3.63) is 23.8 Å². The van der Waals surface area contributed by atoms with E-state index in [2.05, 4.69) is 14.9 Å². The number of Topliss-reactive ketones (excluding diaryl/α,β-unsaturated/α-hetero) is 1. The van der Waals surface area contributed by atoms with E-state index in [9.17, 15) is 9.59 Å². The van der Waals surface area contributed by atoms with Gasteiger partial charge in [-0.15, -0.1) is 0 Å². The number of piperidine rings is 1. The molecule has 0 atom stereocenters. The van der Waals surface area contributed by atoms with Crippen LogP contribution in [0.25, 0.3) is 11.0 Å². The summed E-state index contributed by atoms with van der Waals surface area (Å²) in [5.41, 5.74) is 1.74. The molecule has 0 aliphatic carbocycles. The molecule has 1 aliphatic rings. The van der Waals surface area contributed by atoms with Gasteiger partial charge < -0.3 is 4.90 Å². The van der Waals surface area contributed by atoms with Crippen LogP contribution in [0.15, 0.2) is 22.8 Å². The highest BCUT2D eigenvalue weighted by Gasteiger charge is 2.22. The van der Waals surface area contributed by atoms with Gasteiger partial charge in [0, 0.05) is 31.5 Å². The van der Waals surface area contributed by atoms with Gasteiger partial charge in [-0.2, -0.15) is 0 Å². The third kappa shape index (κ3) is 1.85. The third-order valence-corrected chi connectivity index (χ3v) is 3.11. The van der Waals surface area contributed by atoms with Gasteiger partial charge in [-0.05, 0) is 28.5 Å². The molecule has 0 N–H and O–H groups in total. The molecule has 0 spiro atoms. The van der Waals surface area contributed by atoms with Crippen LogP contribution in [0, 0.1) is 0 Å². The largest absolute Gasteiger partial charge is 0.338 e. The van der Waals surface area contributed by atoms with Crippen molar-refractivity contribution in [1.29, 1.82) is 0 Å². The maximum absolute atomic E-state index is 12.2. The second kappa shape index (κ2) is 4.21. The summed E-state index contributed by atoms with van der Waals surface area (Å²) in [7, 11) is 0. The number of carbonyl (C=O) groups excluding carboxylic acids is 2. The van der Waals surface area contributed by atoms with Crippen LogP contribution in [0.3, 0.4) is 0 Å². The van der Waals surface area contributed by atoms with Crippen molar-refractivity contribution in [2.75, 3.05) is 13.1 Å². The number of nitrogens with zero attached hydrogens (tertiary/aromatic N) is 3. The Hall–Kier alpha value is -2.24. The standard InChI is InChI=1S/C12H11N3O3/c16-9-3-5-15(6-4-9)12(17)8-1-2-10-11(7-8)14-18-13-10/h1-2,7H,3-6H2. The van der Waals surface area contributed by atoms with Crippen LogP contribution in [-0.4, -0.2) is 40.0 Å². The summed E-state index contributed by atoms with van der Waals surface area (Å²) in [4.78, 5) is 25.0. The lowest BCUT2D eigenvalue weighted by Gasteiger charge is -2.26. The third-order valence-electron chi connectivity index (χ3n) is 3.11. The molecule has 3 rings (SSSR count). The summed E-state index contributed by atoms with van der Waals surface area (Å²) in [5.74, 6) is 0.141. The Morgan fingerprint density at radius 1 is 1.17 bits per heavy atom. The highest BCUT2D eigenvalue weighted by Crippen LogP contribution is 2.15. The number of amides is 1. The summed E-state index contributed by atoms with van der Waals surface area (Å²) in [5, 5.41) is 7.39. The van der Waals surface area contributed by atoms with E-state index in [1.807, 2.05) is 0 Å². The predicted octanol–water partition coefficient (Wildman–Crippen LogP) is 1.03. The first-order chi connectivity index (χ1) is 8.74. The summed E-state index contributed by atoms with van der Waals surface area (Å²) in [6.07, 6.45) is 0.888. The number of hydrogen-bond acceptors (Lipinski definition) is 5. The van der Waals surface area contributed by atoms with Crippen LogP contribution < -0.4 is 0 Å². The zero-order valence-electron chi connectivity index (χ0n) is 9.63. The van der Waals surface area contributed by atoms with E-state index in [-0.39, 0.29) is 11.7 Å². The monoisotopic (exact) mass is 245 g/mol. The molecule has 2 heterocycles. The van der Waals surface area contributed by atoms with Gasteiger partial charge in [-0.1, -0.05) is 0 Å². The molecule has 1 saturated heterocycles. The Balaban J connectivity index is 1.84. The highest BCUT2D eigenvalue weighted by molar-refractivity contribution is 5.98. The number of aromatic nitrogens is 2. The first-order valence-corrected chi connectivity index (χ1v) is 5.77. The topological polar surface area (TPSA) is 76.3 Å². The first kappa shape index (κ1) is 10.9. The fourth-order valence-corrected chi connectivity index (χ4v) is 2.06. The molecule has 0 unspecified atom stereocenters. The van der Waals surface area contributed by atoms with Crippen LogP contribution in [-0.2, 0) is 4.79 Å².